The minimum Gasteiger partial charge on any atom is -0.496 e. The Balaban J connectivity index is 2.19. The lowest BCUT2D eigenvalue weighted by Gasteiger charge is -2.10. The topological polar surface area (TPSA) is 55.4 Å². The molecule has 21 heavy (non-hydrogen) atoms. The number of halogens is 1. The highest BCUT2D eigenvalue weighted by Crippen LogP contribution is 2.20. The van der Waals surface area contributed by atoms with Crippen LogP contribution in [-0.2, 0) is 16.6 Å². The van der Waals surface area contributed by atoms with Gasteiger partial charge in [0.15, 0.2) is 0 Å². The summed E-state index contributed by atoms with van der Waals surface area (Å²) in [5.41, 5.74) is 1.41. The van der Waals surface area contributed by atoms with E-state index in [9.17, 15) is 12.8 Å². The van der Waals surface area contributed by atoms with Crippen LogP contribution in [-0.4, -0.2) is 15.5 Å². The number of methoxy groups -OCH3 is 1. The van der Waals surface area contributed by atoms with Crippen LogP contribution in [0.1, 0.15) is 11.1 Å². The van der Waals surface area contributed by atoms with Crippen molar-refractivity contribution in [2.24, 2.45) is 0 Å². The number of ether oxygens (including phenoxy) is 1. The molecular weight excluding hydrogens is 293 g/mol. The molecule has 0 aliphatic rings. The number of sulfonamides is 1. The van der Waals surface area contributed by atoms with Crippen LogP contribution < -0.4 is 9.46 Å². The maximum Gasteiger partial charge on any atom is 0.240 e. The quantitative estimate of drug-likeness (QED) is 0.923. The van der Waals surface area contributed by atoms with E-state index in [1.54, 1.807) is 12.1 Å². The molecule has 6 heteroatoms. The van der Waals surface area contributed by atoms with Crippen molar-refractivity contribution in [3.05, 3.63) is 59.4 Å². The molecule has 0 radical (unpaired) electrons. The van der Waals surface area contributed by atoms with E-state index in [1.807, 2.05) is 6.92 Å². The van der Waals surface area contributed by atoms with Crippen molar-refractivity contribution in [3.63, 3.8) is 0 Å². The SMILES string of the molecule is COc1ccc(F)cc1CNS(=O)(=O)c1ccc(C)cc1. The lowest BCUT2D eigenvalue weighted by molar-refractivity contribution is 0.407. The van der Waals surface area contributed by atoms with Gasteiger partial charge in [-0.25, -0.2) is 17.5 Å². The molecule has 0 aromatic heterocycles. The number of rotatable bonds is 5. The standard InChI is InChI=1S/C15H16FNO3S/c1-11-3-6-14(7-4-11)21(18,19)17-10-12-9-13(16)5-8-15(12)20-2/h3-9,17H,10H2,1-2H3. The van der Waals surface area contributed by atoms with Gasteiger partial charge in [-0.2, -0.15) is 0 Å². The molecule has 0 saturated carbocycles. The molecule has 0 aliphatic heterocycles. The summed E-state index contributed by atoms with van der Waals surface area (Å²) in [7, 11) is -2.19. The maximum absolute atomic E-state index is 13.2. The highest BCUT2D eigenvalue weighted by Gasteiger charge is 2.14. The van der Waals surface area contributed by atoms with Gasteiger partial charge in [0.25, 0.3) is 0 Å². The van der Waals surface area contributed by atoms with Gasteiger partial charge in [0, 0.05) is 12.1 Å². The highest BCUT2D eigenvalue weighted by atomic mass is 32.2. The van der Waals surface area contributed by atoms with Crippen LogP contribution >= 0.6 is 0 Å². The minimum atomic E-state index is -3.64. The molecule has 0 heterocycles. The number of hydrogen-bond acceptors (Lipinski definition) is 3. The Morgan fingerprint density at radius 3 is 2.43 bits per heavy atom. The molecule has 0 unspecified atom stereocenters. The molecule has 112 valence electrons. The second kappa shape index (κ2) is 6.24. The summed E-state index contributed by atoms with van der Waals surface area (Å²) >= 11 is 0. The number of benzene rings is 2. The first kappa shape index (κ1) is 15.5. The second-order valence-corrected chi connectivity index (χ2v) is 6.36. The molecule has 0 fully saturated rings. The lowest BCUT2D eigenvalue weighted by atomic mass is 10.2. The molecule has 0 aliphatic carbocycles. The molecule has 2 rings (SSSR count). The van der Waals surface area contributed by atoms with Crippen LogP contribution in [0.4, 0.5) is 4.39 Å². The fraction of sp³-hybridized carbons (Fsp3) is 0.200. The van der Waals surface area contributed by atoms with Crippen LogP contribution in [0.15, 0.2) is 47.4 Å². The van der Waals surface area contributed by atoms with Gasteiger partial charge in [-0.3, -0.25) is 0 Å². The van der Waals surface area contributed by atoms with Crippen LogP contribution in [0.25, 0.3) is 0 Å². The molecule has 4 nitrogen and oxygen atoms in total. The van der Waals surface area contributed by atoms with E-state index in [0.29, 0.717) is 11.3 Å². The maximum atomic E-state index is 13.2. The van der Waals surface area contributed by atoms with Crippen molar-refractivity contribution in [1.82, 2.24) is 4.72 Å². The Kier molecular flexibility index (Phi) is 4.59. The van der Waals surface area contributed by atoms with Crippen molar-refractivity contribution in [1.29, 1.82) is 0 Å². The largest absolute Gasteiger partial charge is 0.496 e. The summed E-state index contributed by atoms with van der Waals surface area (Å²) in [6.45, 7) is 1.83. The summed E-state index contributed by atoms with van der Waals surface area (Å²) in [4.78, 5) is 0.170. The minimum absolute atomic E-state index is 0.0445. The normalized spacial score (nSPS) is 11.4. The predicted molar refractivity (Wildman–Crippen MR) is 78.2 cm³/mol. The molecule has 0 amide bonds. The van der Waals surface area contributed by atoms with Crippen LogP contribution in [0.3, 0.4) is 0 Å². The first-order valence-electron chi connectivity index (χ1n) is 6.31. The molecule has 0 bridgehead atoms. The third-order valence-corrected chi connectivity index (χ3v) is 4.44. The van der Waals surface area contributed by atoms with Gasteiger partial charge in [0.1, 0.15) is 11.6 Å². The molecule has 2 aromatic carbocycles. The zero-order valence-corrected chi connectivity index (χ0v) is 12.6. The summed E-state index contributed by atoms with van der Waals surface area (Å²) in [5.74, 6) is -0.0108. The first-order chi connectivity index (χ1) is 9.92. The Hall–Kier alpha value is -1.92. The van der Waals surface area contributed by atoms with E-state index >= 15 is 0 Å². The van der Waals surface area contributed by atoms with E-state index < -0.39 is 15.8 Å². The summed E-state index contributed by atoms with van der Waals surface area (Å²) < 4.78 is 45.1. The molecule has 2 aromatic rings. The highest BCUT2D eigenvalue weighted by molar-refractivity contribution is 7.89. The Bertz CT molecular complexity index is 727. The first-order valence-corrected chi connectivity index (χ1v) is 7.79. The smallest absolute Gasteiger partial charge is 0.240 e. The lowest BCUT2D eigenvalue weighted by Crippen LogP contribution is -2.23. The van der Waals surface area contributed by atoms with E-state index in [-0.39, 0.29) is 11.4 Å². The fourth-order valence-electron chi connectivity index (χ4n) is 1.86. The van der Waals surface area contributed by atoms with Gasteiger partial charge in [-0.05, 0) is 37.3 Å². The third-order valence-electron chi connectivity index (χ3n) is 3.03. The van der Waals surface area contributed by atoms with E-state index in [0.717, 1.165) is 5.56 Å². The summed E-state index contributed by atoms with van der Waals surface area (Å²) in [6, 6.07) is 10.5. The monoisotopic (exact) mass is 309 g/mol. The Morgan fingerprint density at radius 1 is 1.14 bits per heavy atom. The van der Waals surface area contributed by atoms with Gasteiger partial charge in [-0.15, -0.1) is 0 Å². The van der Waals surface area contributed by atoms with Crippen LogP contribution in [0.5, 0.6) is 5.75 Å². The van der Waals surface area contributed by atoms with Crippen molar-refractivity contribution in [2.75, 3.05) is 7.11 Å². The number of aryl methyl sites for hydroxylation is 1. The van der Waals surface area contributed by atoms with Crippen molar-refractivity contribution in [2.45, 2.75) is 18.4 Å². The van der Waals surface area contributed by atoms with E-state index in [1.165, 1.54) is 37.4 Å². The summed E-state index contributed by atoms with van der Waals surface area (Å²) in [6.07, 6.45) is 0. The zero-order chi connectivity index (χ0) is 15.5. The average molecular weight is 309 g/mol. The molecule has 0 spiro atoms. The van der Waals surface area contributed by atoms with Crippen LogP contribution in [0, 0.1) is 12.7 Å². The van der Waals surface area contributed by atoms with Gasteiger partial charge in [0.05, 0.1) is 12.0 Å². The molecule has 1 N–H and O–H groups in total. The van der Waals surface area contributed by atoms with Gasteiger partial charge in [-0.1, -0.05) is 17.7 Å². The van der Waals surface area contributed by atoms with Crippen molar-refractivity contribution in [3.8, 4) is 5.75 Å². The molecule has 0 saturated heterocycles. The average Bonchev–Trinajstić information content (AvgIpc) is 2.46. The van der Waals surface area contributed by atoms with Gasteiger partial charge in [0.2, 0.25) is 10.0 Å². The predicted octanol–water partition coefficient (Wildman–Crippen LogP) is 2.62. The second-order valence-electron chi connectivity index (χ2n) is 4.59. The fourth-order valence-corrected chi connectivity index (χ4v) is 2.87. The summed E-state index contributed by atoms with van der Waals surface area (Å²) in [5, 5.41) is 0. The number of hydrogen-bond donors (Lipinski definition) is 1. The zero-order valence-electron chi connectivity index (χ0n) is 11.8. The van der Waals surface area contributed by atoms with Crippen molar-refractivity contribution < 1.29 is 17.5 Å². The third kappa shape index (κ3) is 3.80. The van der Waals surface area contributed by atoms with Gasteiger partial charge < -0.3 is 4.74 Å². The van der Waals surface area contributed by atoms with Crippen molar-refractivity contribution >= 4 is 10.0 Å². The van der Waals surface area contributed by atoms with Gasteiger partial charge >= 0.3 is 0 Å². The Morgan fingerprint density at radius 2 is 1.81 bits per heavy atom. The van der Waals surface area contributed by atoms with E-state index in [4.69, 9.17) is 4.74 Å². The number of nitrogens with one attached hydrogen (secondary N) is 1. The molecule has 0 atom stereocenters. The van der Waals surface area contributed by atoms with Crippen LogP contribution in [0.2, 0.25) is 0 Å². The van der Waals surface area contributed by atoms with E-state index in [2.05, 4.69) is 4.72 Å². The molecular formula is C15H16FNO3S. The Labute approximate surface area is 123 Å².